The van der Waals surface area contributed by atoms with Crippen molar-refractivity contribution >= 4 is 23.2 Å². The Labute approximate surface area is 139 Å². The van der Waals surface area contributed by atoms with Gasteiger partial charge in [-0.25, -0.2) is 4.79 Å². The number of hydrogen-bond donors (Lipinski definition) is 1. The molecular formula is C18H19NO3S. The lowest BCUT2D eigenvalue weighted by Crippen LogP contribution is -2.42. The fourth-order valence-electron chi connectivity index (χ4n) is 2.87. The lowest BCUT2D eigenvalue weighted by molar-refractivity contribution is -0.141. The van der Waals surface area contributed by atoms with Gasteiger partial charge in [0.15, 0.2) is 0 Å². The predicted molar refractivity (Wildman–Crippen MR) is 89.8 cm³/mol. The van der Waals surface area contributed by atoms with Crippen LogP contribution >= 0.6 is 11.3 Å². The molecule has 1 heterocycles. The summed E-state index contributed by atoms with van der Waals surface area (Å²) in [6.45, 7) is 1.86. The Balaban J connectivity index is 1.87. The number of aliphatic carboxylic acids is 1. The Morgan fingerprint density at radius 2 is 2.00 bits per heavy atom. The van der Waals surface area contributed by atoms with Crippen LogP contribution < -0.4 is 0 Å². The number of aryl methyl sites for hydroxylation is 2. The van der Waals surface area contributed by atoms with Gasteiger partial charge in [-0.1, -0.05) is 30.3 Å². The first-order valence-electron chi connectivity index (χ1n) is 7.75. The molecule has 0 saturated heterocycles. The van der Waals surface area contributed by atoms with Crippen LogP contribution in [0.3, 0.4) is 0 Å². The highest BCUT2D eigenvalue weighted by Crippen LogP contribution is 2.31. The lowest BCUT2D eigenvalue weighted by atomic mass is 10.1. The summed E-state index contributed by atoms with van der Waals surface area (Å²) in [6.07, 6.45) is 3.20. The number of fused-ring (bicyclic) bond motifs is 1. The number of carbonyl (C=O) groups is 2. The lowest BCUT2D eigenvalue weighted by Gasteiger charge is -2.26. The van der Waals surface area contributed by atoms with E-state index in [1.807, 2.05) is 36.4 Å². The van der Waals surface area contributed by atoms with Gasteiger partial charge in [-0.3, -0.25) is 4.79 Å². The smallest absolute Gasteiger partial charge is 0.326 e. The van der Waals surface area contributed by atoms with Crippen molar-refractivity contribution in [3.05, 3.63) is 57.3 Å². The van der Waals surface area contributed by atoms with Gasteiger partial charge in [-0.15, -0.1) is 11.3 Å². The molecule has 1 aliphatic carbocycles. The van der Waals surface area contributed by atoms with Crippen molar-refractivity contribution < 1.29 is 14.7 Å². The van der Waals surface area contributed by atoms with E-state index in [0.717, 1.165) is 24.8 Å². The van der Waals surface area contributed by atoms with Gasteiger partial charge in [0.05, 0.1) is 4.88 Å². The van der Waals surface area contributed by atoms with Gasteiger partial charge in [0.2, 0.25) is 0 Å². The molecule has 0 spiro atoms. The van der Waals surface area contributed by atoms with E-state index < -0.39 is 12.0 Å². The maximum atomic E-state index is 12.9. The fraction of sp³-hybridized carbons (Fsp3) is 0.333. The number of carboxylic acid groups (broad SMARTS) is 1. The Morgan fingerprint density at radius 1 is 1.26 bits per heavy atom. The van der Waals surface area contributed by atoms with Gasteiger partial charge in [-0.05, 0) is 43.4 Å². The minimum atomic E-state index is -0.988. The minimum Gasteiger partial charge on any atom is -0.480 e. The summed E-state index contributed by atoms with van der Waals surface area (Å²) in [5.41, 5.74) is 2.18. The minimum absolute atomic E-state index is 0.192. The standard InChI is InChI=1S/C18H19NO3S/c1-12(18(21)22)19(11-13-6-3-2-4-7-13)17(20)16-10-14-8-5-9-15(14)23-16/h2-4,6-7,10,12H,5,8-9,11H2,1H3,(H,21,22). The Hall–Kier alpha value is -2.14. The molecule has 1 aromatic carbocycles. The van der Waals surface area contributed by atoms with E-state index in [0.29, 0.717) is 11.4 Å². The molecule has 0 fully saturated rings. The summed E-state index contributed by atoms with van der Waals surface area (Å²) >= 11 is 1.51. The number of benzene rings is 1. The predicted octanol–water partition coefficient (Wildman–Crippen LogP) is 3.35. The summed E-state index contributed by atoms with van der Waals surface area (Å²) < 4.78 is 0. The summed E-state index contributed by atoms with van der Waals surface area (Å²) in [6, 6.07) is 10.6. The van der Waals surface area contributed by atoms with Crippen molar-refractivity contribution in [2.75, 3.05) is 0 Å². The van der Waals surface area contributed by atoms with Crippen LogP contribution in [0, 0.1) is 0 Å². The quantitative estimate of drug-likeness (QED) is 0.915. The molecule has 4 nitrogen and oxygen atoms in total. The molecule has 2 aromatic rings. The Kier molecular flexibility index (Phi) is 4.48. The number of hydrogen-bond acceptors (Lipinski definition) is 3. The molecule has 1 aromatic heterocycles. The third-order valence-corrected chi connectivity index (χ3v) is 5.46. The first kappa shape index (κ1) is 15.7. The normalized spacial score (nSPS) is 14.3. The van der Waals surface area contributed by atoms with Crippen LogP contribution in [0.2, 0.25) is 0 Å². The summed E-state index contributed by atoms with van der Waals surface area (Å²) in [5.74, 6) is -1.18. The maximum absolute atomic E-state index is 12.9. The second-order valence-electron chi connectivity index (χ2n) is 5.85. The number of amides is 1. The van der Waals surface area contributed by atoms with Gasteiger partial charge >= 0.3 is 5.97 Å². The van der Waals surface area contributed by atoms with Crippen molar-refractivity contribution in [3.8, 4) is 0 Å². The van der Waals surface area contributed by atoms with Crippen molar-refractivity contribution in [3.63, 3.8) is 0 Å². The number of carbonyl (C=O) groups excluding carboxylic acids is 1. The fourth-order valence-corrected chi connectivity index (χ4v) is 4.08. The monoisotopic (exact) mass is 329 g/mol. The van der Waals surface area contributed by atoms with E-state index in [9.17, 15) is 14.7 Å². The number of thiophene rings is 1. The van der Waals surface area contributed by atoms with Gasteiger partial charge in [0, 0.05) is 11.4 Å². The Morgan fingerprint density at radius 3 is 2.65 bits per heavy atom. The maximum Gasteiger partial charge on any atom is 0.326 e. The van der Waals surface area contributed by atoms with Crippen LogP contribution in [-0.4, -0.2) is 27.9 Å². The largest absolute Gasteiger partial charge is 0.480 e. The Bertz CT molecular complexity index is 702. The van der Waals surface area contributed by atoms with E-state index in [1.165, 1.54) is 26.7 Å². The van der Waals surface area contributed by atoms with Crippen LogP contribution in [0.25, 0.3) is 0 Å². The second-order valence-corrected chi connectivity index (χ2v) is 6.98. The third-order valence-electron chi connectivity index (χ3n) is 4.24. The van der Waals surface area contributed by atoms with Gasteiger partial charge in [0.1, 0.15) is 6.04 Å². The molecule has 3 rings (SSSR count). The molecule has 0 bridgehead atoms. The molecule has 23 heavy (non-hydrogen) atoms. The highest BCUT2D eigenvalue weighted by Gasteiger charge is 2.29. The molecule has 1 aliphatic rings. The van der Waals surface area contributed by atoms with E-state index in [2.05, 4.69) is 0 Å². The topological polar surface area (TPSA) is 57.6 Å². The highest BCUT2D eigenvalue weighted by molar-refractivity contribution is 7.14. The van der Waals surface area contributed by atoms with Gasteiger partial charge in [-0.2, -0.15) is 0 Å². The molecule has 0 aliphatic heterocycles. The zero-order valence-electron chi connectivity index (χ0n) is 13.0. The van der Waals surface area contributed by atoms with Gasteiger partial charge < -0.3 is 10.0 Å². The van der Waals surface area contributed by atoms with E-state index in [-0.39, 0.29) is 5.91 Å². The molecule has 5 heteroatoms. The van der Waals surface area contributed by atoms with Crippen molar-refractivity contribution in [1.29, 1.82) is 0 Å². The van der Waals surface area contributed by atoms with Crippen LogP contribution in [-0.2, 0) is 24.2 Å². The van der Waals surface area contributed by atoms with Crippen molar-refractivity contribution in [2.45, 2.75) is 38.8 Å². The van der Waals surface area contributed by atoms with Crippen LogP contribution in [0.1, 0.15) is 39.0 Å². The summed E-state index contributed by atoms with van der Waals surface area (Å²) in [5, 5.41) is 9.35. The molecule has 0 radical (unpaired) electrons. The first-order chi connectivity index (χ1) is 11.1. The van der Waals surface area contributed by atoms with Crippen LogP contribution in [0.4, 0.5) is 0 Å². The highest BCUT2D eigenvalue weighted by atomic mass is 32.1. The molecule has 1 N–H and O–H groups in total. The zero-order chi connectivity index (χ0) is 16.4. The number of carboxylic acids is 1. The third kappa shape index (κ3) is 3.29. The van der Waals surface area contributed by atoms with Crippen LogP contribution in [0.5, 0.6) is 0 Å². The molecule has 120 valence electrons. The van der Waals surface area contributed by atoms with Gasteiger partial charge in [0.25, 0.3) is 5.91 Å². The summed E-state index contributed by atoms with van der Waals surface area (Å²) in [7, 11) is 0. The van der Waals surface area contributed by atoms with E-state index in [4.69, 9.17) is 0 Å². The molecule has 0 saturated carbocycles. The molecule has 1 unspecified atom stereocenters. The average molecular weight is 329 g/mol. The van der Waals surface area contributed by atoms with Crippen LogP contribution in [0.15, 0.2) is 36.4 Å². The number of rotatable bonds is 5. The average Bonchev–Trinajstić information content (AvgIpc) is 3.13. The zero-order valence-corrected chi connectivity index (χ0v) is 13.8. The van der Waals surface area contributed by atoms with Crippen molar-refractivity contribution in [2.24, 2.45) is 0 Å². The van der Waals surface area contributed by atoms with Crippen molar-refractivity contribution in [1.82, 2.24) is 4.90 Å². The molecular weight excluding hydrogens is 310 g/mol. The summed E-state index contributed by atoms with van der Waals surface area (Å²) in [4.78, 5) is 27.7. The molecule has 1 amide bonds. The second kappa shape index (κ2) is 6.54. The molecule has 1 atom stereocenters. The SMILES string of the molecule is CC(C(=O)O)N(Cc1ccccc1)C(=O)c1cc2c(s1)CCC2. The first-order valence-corrected chi connectivity index (χ1v) is 8.57. The number of nitrogens with zero attached hydrogens (tertiary/aromatic N) is 1. The van der Waals surface area contributed by atoms with E-state index >= 15 is 0 Å². The van der Waals surface area contributed by atoms with E-state index in [1.54, 1.807) is 6.92 Å².